The quantitative estimate of drug-likeness (QED) is 0.556. The third-order valence-electron chi connectivity index (χ3n) is 4.15. The third-order valence-corrected chi connectivity index (χ3v) is 4.15. The minimum absolute atomic E-state index is 0.486. The summed E-state index contributed by atoms with van der Waals surface area (Å²) in [4.78, 5) is 0. The van der Waals surface area contributed by atoms with Crippen molar-refractivity contribution in [3.63, 3.8) is 0 Å². The van der Waals surface area contributed by atoms with E-state index in [1.54, 1.807) is 0 Å². The molecule has 1 aliphatic rings. The monoisotopic (exact) mass is 255 g/mol. The van der Waals surface area contributed by atoms with E-state index in [0.717, 1.165) is 6.61 Å². The Kier molecular flexibility index (Phi) is 9.59. The number of rotatable bonds is 11. The van der Waals surface area contributed by atoms with Gasteiger partial charge in [-0.25, -0.2) is 0 Å². The van der Waals surface area contributed by atoms with Crippen LogP contribution in [0.1, 0.15) is 77.6 Å². The minimum Gasteiger partial charge on any atom is -0.377 e. The smallest absolute Gasteiger partial charge is 0.0728 e. The van der Waals surface area contributed by atoms with Gasteiger partial charge in [-0.1, -0.05) is 58.3 Å². The van der Waals surface area contributed by atoms with Crippen LogP contribution in [0.4, 0.5) is 0 Å². The Morgan fingerprint density at radius 2 is 1.72 bits per heavy atom. The highest BCUT2D eigenvalue weighted by Gasteiger charge is 2.23. The van der Waals surface area contributed by atoms with Gasteiger partial charge in [0, 0.05) is 12.6 Å². The molecule has 2 nitrogen and oxygen atoms in total. The second-order valence-corrected chi connectivity index (χ2v) is 5.71. The lowest BCUT2D eigenvalue weighted by Gasteiger charge is -2.22. The number of unbranched alkanes of at least 4 members (excludes halogenated alkanes) is 7. The fourth-order valence-electron chi connectivity index (χ4n) is 2.93. The molecule has 0 spiro atoms. The third kappa shape index (κ3) is 6.75. The predicted octanol–water partition coefficient (Wildman–Crippen LogP) is 4.28. The second kappa shape index (κ2) is 10.8. The summed E-state index contributed by atoms with van der Waals surface area (Å²) in [6, 6.07) is 0.590. The number of hydrogen-bond acceptors (Lipinski definition) is 2. The van der Waals surface area contributed by atoms with Gasteiger partial charge in [-0.15, -0.1) is 0 Å². The molecular weight excluding hydrogens is 222 g/mol. The number of ether oxygens (including phenoxy) is 1. The molecule has 1 heterocycles. The maximum absolute atomic E-state index is 5.77. The van der Waals surface area contributed by atoms with Crippen molar-refractivity contribution in [2.45, 2.75) is 89.7 Å². The lowest BCUT2D eigenvalue weighted by molar-refractivity contribution is 0.0772. The Hall–Kier alpha value is -0.0800. The van der Waals surface area contributed by atoms with Gasteiger partial charge in [0.1, 0.15) is 0 Å². The van der Waals surface area contributed by atoms with E-state index in [9.17, 15) is 0 Å². The van der Waals surface area contributed by atoms with Crippen molar-refractivity contribution >= 4 is 0 Å². The lowest BCUT2D eigenvalue weighted by Crippen LogP contribution is -2.37. The summed E-state index contributed by atoms with van der Waals surface area (Å²) in [5, 5.41) is 3.44. The zero-order valence-electron chi connectivity index (χ0n) is 12.5. The molecule has 0 aromatic carbocycles. The summed E-state index contributed by atoms with van der Waals surface area (Å²) in [5.41, 5.74) is 0. The van der Waals surface area contributed by atoms with Gasteiger partial charge in [0.25, 0.3) is 0 Å². The fraction of sp³-hybridized carbons (Fsp3) is 1.00. The molecule has 0 bridgehead atoms. The molecule has 1 saturated heterocycles. The summed E-state index contributed by atoms with van der Waals surface area (Å²) in [5.74, 6) is 0. The zero-order chi connectivity index (χ0) is 13.1. The molecule has 0 aromatic rings. The summed E-state index contributed by atoms with van der Waals surface area (Å²) in [6.45, 7) is 3.25. The number of hydrogen-bond donors (Lipinski definition) is 1. The van der Waals surface area contributed by atoms with E-state index in [0.29, 0.717) is 12.1 Å². The van der Waals surface area contributed by atoms with Crippen molar-refractivity contribution in [1.82, 2.24) is 5.32 Å². The highest BCUT2D eigenvalue weighted by molar-refractivity contribution is 4.79. The van der Waals surface area contributed by atoms with Gasteiger partial charge in [-0.05, 0) is 26.3 Å². The Bertz CT molecular complexity index is 178. The van der Waals surface area contributed by atoms with Crippen LogP contribution in [-0.4, -0.2) is 25.8 Å². The summed E-state index contributed by atoms with van der Waals surface area (Å²) in [7, 11) is 2.08. The van der Waals surface area contributed by atoms with Crippen LogP contribution >= 0.6 is 0 Å². The van der Waals surface area contributed by atoms with Gasteiger partial charge in [-0.2, -0.15) is 0 Å². The number of likely N-dealkylation sites (N-methyl/N-ethyl adjacent to an activating group) is 1. The Labute approximate surface area is 114 Å². The summed E-state index contributed by atoms with van der Waals surface area (Å²) >= 11 is 0. The molecule has 1 aliphatic heterocycles. The van der Waals surface area contributed by atoms with E-state index in [1.165, 1.54) is 70.6 Å². The van der Waals surface area contributed by atoms with Crippen LogP contribution in [0.5, 0.6) is 0 Å². The van der Waals surface area contributed by atoms with Crippen molar-refractivity contribution in [1.29, 1.82) is 0 Å². The van der Waals surface area contributed by atoms with E-state index in [1.807, 2.05) is 0 Å². The fourth-order valence-corrected chi connectivity index (χ4v) is 2.93. The Balaban J connectivity index is 1.92. The average molecular weight is 255 g/mol. The molecule has 2 heteroatoms. The van der Waals surface area contributed by atoms with Crippen LogP contribution in [0, 0.1) is 0 Å². The molecule has 0 aliphatic carbocycles. The molecule has 0 radical (unpaired) electrons. The van der Waals surface area contributed by atoms with E-state index in [4.69, 9.17) is 4.74 Å². The largest absolute Gasteiger partial charge is 0.377 e. The highest BCUT2D eigenvalue weighted by Crippen LogP contribution is 2.19. The highest BCUT2D eigenvalue weighted by atomic mass is 16.5. The van der Waals surface area contributed by atoms with Crippen LogP contribution in [0.2, 0.25) is 0 Å². The molecule has 18 heavy (non-hydrogen) atoms. The van der Waals surface area contributed by atoms with Crippen LogP contribution in [0.25, 0.3) is 0 Å². The van der Waals surface area contributed by atoms with Crippen molar-refractivity contribution < 1.29 is 4.74 Å². The Morgan fingerprint density at radius 1 is 1.06 bits per heavy atom. The summed E-state index contributed by atoms with van der Waals surface area (Å²) in [6.07, 6.45) is 15.5. The second-order valence-electron chi connectivity index (χ2n) is 5.71. The first-order valence-corrected chi connectivity index (χ1v) is 8.17. The first-order chi connectivity index (χ1) is 8.88. The van der Waals surface area contributed by atoms with Gasteiger partial charge in [0.2, 0.25) is 0 Å². The van der Waals surface area contributed by atoms with Crippen LogP contribution in [0.15, 0.2) is 0 Å². The minimum atomic E-state index is 0.486. The lowest BCUT2D eigenvalue weighted by atomic mass is 10.00. The summed E-state index contributed by atoms with van der Waals surface area (Å²) < 4.78 is 5.77. The SMILES string of the molecule is CCCCCCCCCCC(NC)C1CCCO1. The number of nitrogens with one attached hydrogen (secondary N) is 1. The van der Waals surface area contributed by atoms with E-state index in [-0.39, 0.29) is 0 Å². The van der Waals surface area contributed by atoms with Crippen molar-refractivity contribution in [2.75, 3.05) is 13.7 Å². The predicted molar refractivity (Wildman–Crippen MR) is 79.0 cm³/mol. The molecule has 1 rings (SSSR count). The van der Waals surface area contributed by atoms with Gasteiger partial charge >= 0.3 is 0 Å². The molecule has 2 atom stereocenters. The van der Waals surface area contributed by atoms with Gasteiger partial charge in [0.05, 0.1) is 6.10 Å². The molecular formula is C16H33NO. The molecule has 108 valence electrons. The van der Waals surface area contributed by atoms with Gasteiger partial charge in [0.15, 0.2) is 0 Å². The Morgan fingerprint density at radius 3 is 2.28 bits per heavy atom. The molecule has 1 N–H and O–H groups in total. The van der Waals surface area contributed by atoms with Crippen molar-refractivity contribution in [2.24, 2.45) is 0 Å². The molecule has 1 fully saturated rings. The topological polar surface area (TPSA) is 21.3 Å². The van der Waals surface area contributed by atoms with Gasteiger partial charge in [-0.3, -0.25) is 0 Å². The maximum Gasteiger partial charge on any atom is 0.0728 e. The first-order valence-electron chi connectivity index (χ1n) is 8.17. The van der Waals surface area contributed by atoms with E-state index >= 15 is 0 Å². The van der Waals surface area contributed by atoms with Crippen molar-refractivity contribution in [3.05, 3.63) is 0 Å². The standard InChI is InChI=1S/C16H33NO/c1-3-4-5-6-7-8-9-10-12-15(17-2)16-13-11-14-18-16/h15-17H,3-14H2,1-2H3. The molecule has 0 saturated carbocycles. The normalized spacial score (nSPS) is 21.3. The van der Waals surface area contributed by atoms with Crippen LogP contribution < -0.4 is 5.32 Å². The first kappa shape index (κ1) is 16.0. The molecule has 2 unspecified atom stereocenters. The van der Waals surface area contributed by atoms with Crippen LogP contribution in [-0.2, 0) is 4.74 Å². The van der Waals surface area contributed by atoms with Crippen LogP contribution in [0.3, 0.4) is 0 Å². The maximum atomic E-state index is 5.77. The zero-order valence-corrected chi connectivity index (χ0v) is 12.5. The van der Waals surface area contributed by atoms with Gasteiger partial charge < -0.3 is 10.1 Å². The molecule has 0 amide bonds. The van der Waals surface area contributed by atoms with E-state index < -0.39 is 0 Å². The average Bonchev–Trinajstić information content (AvgIpc) is 2.91. The van der Waals surface area contributed by atoms with Crippen molar-refractivity contribution in [3.8, 4) is 0 Å². The molecule has 0 aromatic heterocycles. The van der Waals surface area contributed by atoms with E-state index in [2.05, 4.69) is 19.3 Å².